The number of aryl methyl sites for hydroxylation is 2. The Morgan fingerprint density at radius 3 is 2.15 bits per heavy atom. The summed E-state index contributed by atoms with van der Waals surface area (Å²) in [7, 11) is -4.07. The number of amides is 2. The van der Waals surface area contributed by atoms with Crippen molar-refractivity contribution in [2.24, 2.45) is 0 Å². The van der Waals surface area contributed by atoms with Gasteiger partial charge in [0, 0.05) is 12.6 Å². The topological polar surface area (TPSA) is 86.8 Å². The number of carbonyl (C=O) groups excluding carboxylic acids is 2. The Hall–Kier alpha value is -3.65. The van der Waals surface area contributed by atoms with Gasteiger partial charge in [-0.25, -0.2) is 8.42 Å². The van der Waals surface area contributed by atoms with Crippen molar-refractivity contribution in [3.63, 3.8) is 0 Å². The van der Waals surface area contributed by atoms with Gasteiger partial charge in [0.25, 0.3) is 10.0 Å². The molecular formula is C33H41N3O4S. The molecule has 1 saturated carbocycles. The first kappa shape index (κ1) is 30.3. The highest BCUT2D eigenvalue weighted by atomic mass is 32.2. The molecule has 1 aliphatic carbocycles. The number of hydrogen-bond donors (Lipinski definition) is 1. The van der Waals surface area contributed by atoms with E-state index in [0.717, 1.165) is 46.7 Å². The SMILES string of the molecule is CC[C@H](C(=O)NC1CCCCC1)N(Cc1ccccc1C)C(=O)CN(c1ccccc1)S(=O)(=O)c1ccc(C)cc1. The Labute approximate surface area is 244 Å². The van der Waals surface area contributed by atoms with Gasteiger partial charge in [-0.15, -0.1) is 0 Å². The van der Waals surface area contributed by atoms with Crippen molar-refractivity contribution in [1.29, 1.82) is 0 Å². The molecule has 0 unspecified atom stereocenters. The van der Waals surface area contributed by atoms with Gasteiger partial charge < -0.3 is 10.2 Å². The molecule has 218 valence electrons. The van der Waals surface area contributed by atoms with Gasteiger partial charge in [0.2, 0.25) is 11.8 Å². The van der Waals surface area contributed by atoms with E-state index in [0.29, 0.717) is 12.1 Å². The van der Waals surface area contributed by atoms with Crippen LogP contribution in [0.2, 0.25) is 0 Å². The minimum absolute atomic E-state index is 0.100. The van der Waals surface area contributed by atoms with Gasteiger partial charge in [0.15, 0.2) is 0 Å². The van der Waals surface area contributed by atoms with Gasteiger partial charge in [-0.1, -0.05) is 86.3 Å². The maximum atomic E-state index is 14.2. The molecule has 0 aromatic heterocycles. The lowest BCUT2D eigenvalue weighted by Crippen LogP contribution is -2.54. The molecule has 41 heavy (non-hydrogen) atoms. The first-order chi connectivity index (χ1) is 19.7. The van der Waals surface area contributed by atoms with Crippen LogP contribution in [0.3, 0.4) is 0 Å². The van der Waals surface area contributed by atoms with E-state index in [1.165, 1.54) is 6.42 Å². The number of carbonyl (C=O) groups is 2. The van der Waals surface area contributed by atoms with Crippen molar-refractivity contribution in [1.82, 2.24) is 10.2 Å². The molecule has 3 aromatic rings. The van der Waals surface area contributed by atoms with Gasteiger partial charge in [-0.2, -0.15) is 0 Å². The summed E-state index contributed by atoms with van der Waals surface area (Å²) in [5.41, 5.74) is 3.24. The molecule has 0 spiro atoms. The summed E-state index contributed by atoms with van der Waals surface area (Å²) in [5, 5.41) is 3.19. The normalized spacial score (nSPS) is 14.7. The van der Waals surface area contributed by atoms with Crippen LogP contribution in [-0.4, -0.2) is 43.8 Å². The third-order valence-electron chi connectivity index (χ3n) is 7.87. The molecular weight excluding hydrogens is 534 g/mol. The molecule has 2 amide bonds. The molecule has 4 rings (SSSR count). The van der Waals surface area contributed by atoms with Crippen LogP contribution in [0.25, 0.3) is 0 Å². The van der Waals surface area contributed by atoms with Gasteiger partial charge in [0.05, 0.1) is 10.6 Å². The van der Waals surface area contributed by atoms with Crippen molar-refractivity contribution < 1.29 is 18.0 Å². The van der Waals surface area contributed by atoms with Crippen LogP contribution in [0.1, 0.15) is 62.1 Å². The fourth-order valence-corrected chi connectivity index (χ4v) is 6.81. The smallest absolute Gasteiger partial charge is 0.264 e. The van der Waals surface area contributed by atoms with Crippen LogP contribution in [0.15, 0.2) is 83.8 Å². The number of anilines is 1. The van der Waals surface area contributed by atoms with Gasteiger partial charge in [-0.05, 0) is 68.5 Å². The van der Waals surface area contributed by atoms with Crippen LogP contribution in [0.5, 0.6) is 0 Å². The van der Waals surface area contributed by atoms with E-state index in [4.69, 9.17) is 0 Å². The second-order valence-electron chi connectivity index (χ2n) is 10.9. The van der Waals surface area contributed by atoms with Crippen molar-refractivity contribution >= 4 is 27.5 Å². The zero-order valence-electron chi connectivity index (χ0n) is 24.3. The Kier molecular flexibility index (Phi) is 10.2. The van der Waals surface area contributed by atoms with Crippen molar-refractivity contribution in [2.45, 2.75) is 82.8 Å². The Bertz CT molecular complexity index is 1420. The van der Waals surface area contributed by atoms with Crippen LogP contribution in [-0.2, 0) is 26.2 Å². The number of benzene rings is 3. The monoisotopic (exact) mass is 575 g/mol. The van der Waals surface area contributed by atoms with Crippen LogP contribution < -0.4 is 9.62 Å². The summed E-state index contributed by atoms with van der Waals surface area (Å²) in [6.45, 7) is 5.52. The predicted molar refractivity (Wildman–Crippen MR) is 163 cm³/mol. The average molecular weight is 576 g/mol. The number of hydrogen-bond acceptors (Lipinski definition) is 4. The summed E-state index contributed by atoms with van der Waals surface area (Å²) in [6, 6.07) is 22.4. The first-order valence-electron chi connectivity index (χ1n) is 14.5. The maximum Gasteiger partial charge on any atom is 0.264 e. The van der Waals surface area contributed by atoms with E-state index in [-0.39, 0.29) is 23.4 Å². The second kappa shape index (κ2) is 13.8. The van der Waals surface area contributed by atoms with Crippen molar-refractivity contribution in [3.8, 4) is 0 Å². The summed E-state index contributed by atoms with van der Waals surface area (Å²) in [6.07, 6.45) is 5.61. The lowest BCUT2D eigenvalue weighted by Gasteiger charge is -2.34. The maximum absolute atomic E-state index is 14.2. The largest absolute Gasteiger partial charge is 0.352 e. The fourth-order valence-electron chi connectivity index (χ4n) is 5.40. The van der Waals surface area contributed by atoms with E-state index < -0.39 is 28.5 Å². The molecule has 1 fully saturated rings. The number of nitrogens with zero attached hydrogens (tertiary/aromatic N) is 2. The number of rotatable bonds is 11. The summed E-state index contributed by atoms with van der Waals surface area (Å²) in [4.78, 5) is 29.5. The molecule has 0 aliphatic heterocycles. The van der Waals surface area contributed by atoms with E-state index in [1.54, 1.807) is 59.5 Å². The minimum Gasteiger partial charge on any atom is -0.352 e. The summed E-state index contributed by atoms with van der Waals surface area (Å²) in [5.74, 6) is -0.618. The highest BCUT2D eigenvalue weighted by Crippen LogP contribution is 2.25. The number of sulfonamides is 1. The molecule has 0 saturated heterocycles. The molecule has 0 bridgehead atoms. The quantitative estimate of drug-likeness (QED) is 0.315. The van der Waals surface area contributed by atoms with E-state index >= 15 is 0 Å². The van der Waals surface area contributed by atoms with Crippen molar-refractivity contribution in [3.05, 3.63) is 95.6 Å². The zero-order valence-corrected chi connectivity index (χ0v) is 25.1. The highest BCUT2D eigenvalue weighted by molar-refractivity contribution is 7.92. The molecule has 0 heterocycles. The van der Waals surface area contributed by atoms with E-state index in [9.17, 15) is 18.0 Å². The van der Waals surface area contributed by atoms with E-state index in [2.05, 4.69) is 5.32 Å². The molecule has 1 atom stereocenters. The van der Waals surface area contributed by atoms with E-state index in [1.807, 2.05) is 45.0 Å². The van der Waals surface area contributed by atoms with Crippen LogP contribution in [0.4, 0.5) is 5.69 Å². The third-order valence-corrected chi connectivity index (χ3v) is 9.66. The Morgan fingerprint density at radius 2 is 1.51 bits per heavy atom. The van der Waals surface area contributed by atoms with Gasteiger partial charge in [0.1, 0.15) is 12.6 Å². The second-order valence-corrected chi connectivity index (χ2v) is 12.7. The lowest BCUT2D eigenvalue weighted by atomic mass is 9.95. The standard InChI is InChI=1S/C33H41N3O4S/c1-4-31(33(38)34-28-15-7-5-8-16-28)35(23-27-14-12-11-13-26(27)3)32(37)24-36(29-17-9-6-10-18-29)41(39,40)30-21-19-25(2)20-22-30/h6,9-14,17-22,28,31H,4-5,7-8,15-16,23-24H2,1-3H3,(H,34,38)/t31-/m1/s1. The lowest BCUT2D eigenvalue weighted by molar-refractivity contribution is -0.140. The molecule has 3 aromatic carbocycles. The first-order valence-corrected chi connectivity index (χ1v) is 15.9. The van der Waals surface area contributed by atoms with Gasteiger partial charge >= 0.3 is 0 Å². The molecule has 1 aliphatic rings. The predicted octanol–water partition coefficient (Wildman–Crippen LogP) is 5.76. The zero-order chi connectivity index (χ0) is 29.4. The molecule has 0 radical (unpaired) electrons. The highest BCUT2D eigenvalue weighted by Gasteiger charge is 2.34. The molecule has 1 N–H and O–H groups in total. The Balaban J connectivity index is 1.69. The third kappa shape index (κ3) is 7.55. The molecule has 8 heteroatoms. The fraction of sp³-hybridized carbons (Fsp3) is 0.394. The average Bonchev–Trinajstić information content (AvgIpc) is 2.97. The summed E-state index contributed by atoms with van der Waals surface area (Å²) < 4.78 is 29.0. The number of nitrogens with one attached hydrogen (secondary N) is 1. The number of para-hydroxylation sites is 1. The molecule has 7 nitrogen and oxygen atoms in total. The summed E-state index contributed by atoms with van der Waals surface area (Å²) >= 11 is 0. The Morgan fingerprint density at radius 1 is 0.878 bits per heavy atom. The minimum atomic E-state index is -4.07. The van der Waals surface area contributed by atoms with Crippen LogP contribution in [0, 0.1) is 13.8 Å². The van der Waals surface area contributed by atoms with Crippen molar-refractivity contribution in [2.75, 3.05) is 10.8 Å². The van der Waals surface area contributed by atoms with Crippen LogP contribution >= 0.6 is 0 Å². The van der Waals surface area contributed by atoms with Gasteiger partial charge in [-0.3, -0.25) is 13.9 Å².